The molecule has 0 bridgehead atoms. The smallest absolute Gasteiger partial charge is 0.0979 e. The first-order valence-corrected chi connectivity index (χ1v) is 3.58. The SMILES string of the molecule is CCCCC/C(C#N)=C/O. The molecule has 0 aliphatic heterocycles. The Morgan fingerprint density at radius 3 is 2.70 bits per heavy atom. The van der Waals surface area contributed by atoms with E-state index in [0.717, 1.165) is 25.5 Å². The first-order valence-electron chi connectivity index (χ1n) is 3.58. The summed E-state index contributed by atoms with van der Waals surface area (Å²) in [5, 5.41) is 16.8. The molecular weight excluding hydrogens is 126 g/mol. The number of rotatable bonds is 4. The topological polar surface area (TPSA) is 44.0 Å². The summed E-state index contributed by atoms with van der Waals surface area (Å²) in [4.78, 5) is 0. The number of unbranched alkanes of at least 4 members (excludes halogenated alkanes) is 2. The van der Waals surface area contributed by atoms with Crippen LogP contribution in [0.4, 0.5) is 0 Å². The number of hydrogen-bond acceptors (Lipinski definition) is 2. The van der Waals surface area contributed by atoms with Crippen LogP contribution in [0.25, 0.3) is 0 Å². The van der Waals surface area contributed by atoms with Gasteiger partial charge in [-0.1, -0.05) is 19.8 Å². The summed E-state index contributed by atoms with van der Waals surface area (Å²) in [7, 11) is 0. The van der Waals surface area contributed by atoms with Crippen LogP contribution in [0.1, 0.15) is 32.6 Å². The highest BCUT2D eigenvalue weighted by molar-refractivity contribution is 5.17. The van der Waals surface area contributed by atoms with Gasteiger partial charge in [0.05, 0.1) is 17.9 Å². The molecule has 56 valence electrons. The van der Waals surface area contributed by atoms with Gasteiger partial charge in [0.25, 0.3) is 0 Å². The maximum absolute atomic E-state index is 8.44. The molecule has 2 heteroatoms. The van der Waals surface area contributed by atoms with E-state index in [1.807, 2.05) is 6.07 Å². The van der Waals surface area contributed by atoms with Crippen molar-refractivity contribution >= 4 is 0 Å². The van der Waals surface area contributed by atoms with E-state index in [0.29, 0.717) is 12.0 Å². The Balaban J connectivity index is 3.40. The fourth-order valence-electron chi connectivity index (χ4n) is 0.715. The van der Waals surface area contributed by atoms with Gasteiger partial charge in [0.1, 0.15) is 0 Å². The van der Waals surface area contributed by atoms with Gasteiger partial charge in [-0.3, -0.25) is 0 Å². The lowest BCUT2D eigenvalue weighted by Crippen LogP contribution is -1.80. The van der Waals surface area contributed by atoms with Crippen molar-refractivity contribution < 1.29 is 5.11 Å². The van der Waals surface area contributed by atoms with Crippen LogP contribution in [0.15, 0.2) is 11.8 Å². The number of nitriles is 1. The molecule has 0 amide bonds. The summed E-state index contributed by atoms with van der Waals surface area (Å²) < 4.78 is 0. The van der Waals surface area contributed by atoms with Gasteiger partial charge in [0.2, 0.25) is 0 Å². The Morgan fingerprint density at radius 2 is 2.30 bits per heavy atom. The van der Waals surface area contributed by atoms with Gasteiger partial charge in [-0.15, -0.1) is 0 Å². The molecule has 10 heavy (non-hydrogen) atoms. The molecule has 0 atom stereocenters. The predicted octanol–water partition coefficient (Wildman–Crippen LogP) is 2.53. The van der Waals surface area contributed by atoms with Gasteiger partial charge >= 0.3 is 0 Å². The summed E-state index contributed by atoms with van der Waals surface area (Å²) in [5.74, 6) is 0. The van der Waals surface area contributed by atoms with Crippen molar-refractivity contribution in [2.24, 2.45) is 0 Å². The zero-order valence-electron chi connectivity index (χ0n) is 6.30. The van der Waals surface area contributed by atoms with E-state index in [9.17, 15) is 0 Å². The number of hydrogen-bond donors (Lipinski definition) is 1. The van der Waals surface area contributed by atoms with E-state index < -0.39 is 0 Å². The standard InChI is InChI=1S/C8H13NO/c1-2-3-4-5-8(6-9)7-10/h7,10H,2-5H2,1H3/b8-7-. The molecule has 0 radical (unpaired) electrons. The summed E-state index contributed by atoms with van der Waals surface area (Å²) in [6.45, 7) is 2.11. The first-order chi connectivity index (χ1) is 4.85. The molecule has 0 unspecified atom stereocenters. The van der Waals surface area contributed by atoms with Gasteiger partial charge in [-0.05, 0) is 12.8 Å². The Labute approximate surface area is 61.8 Å². The first kappa shape index (κ1) is 9.03. The van der Waals surface area contributed by atoms with Crippen molar-refractivity contribution in [1.29, 1.82) is 5.26 Å². The number of aliphatic hydroxyl groups is 1. The molecule has 0 aromatic rings. The van der Waals surface area contributed by atoms with Crippen LogP contribution in [0.3, 0.4) is 0 Å². The maximum Gasteiger partial charge on any atom is 0.0979 e. The van der Waals surface area contributed by atoms with Crippen molar-refractivity contribution in [3.8, 4) is 6.07 Å². The number of allylic oxidation sites excluding steroid dienone is 1. The van der Waals surface area contributed by atoms with E-state index in [-0.39, 0.29) is 0 Å². The highest BCUT2D eigenvalue weighted by atomic mass is 16.2. The van der Waals surface area contributed by atoms with Gasteiger partial charge in [0, 0.05) is 0 Å². The largest absolute Gasteiger partial charge is 0.515 e. The van der Waals surface area contributed by atoms with Gasteiger partial charge in [0.15, 0.2) is 0 Å². The van der Waals surface area contributed by atoms with Crippen molar-refractivity contribution in [3.63, 3.8) is 0 Å². The summed E-state index contributed by atoms with van der Waals surface area (Å²) >= 11 is 0. The molecule has 2 nitrogen and oxygen atoms in total. The van der Waals surface area contributed by atoms with Crippen LogP contribution in [-0.2, 0) is 0 Å². The molecule has 0 aliphatic carbocycles. The molecule has 0 rings (SSSR count). The Bertz CT molecular complexity index is 144. The third-order valence-corrected chi connectivity index (χ3v) is 1.35. The van der Waals surface area contributed by atoms with Crippen molar-refractivity contribution in [2.75, 3.05) is 0 Å². The van der Waals surface area contributed by atoms with Crippen LogP contribution in [0.5, 0.6) is 0 Å². The molecule has 0 spiro atoms. The van der Waals surface area contributed by atoms with Crippen molar-refractivity contribution in [3.05, 3.63) is 11.8 Å². The van der Waals surface area contributed by atoms with Crippen LogP contribution in [0, 0.1) is 11.3 Å². The summed E-state index contributed by atoms with van der Waals surface area (Å²) in [6.07, 6.45) is 4.87. The van der Waals surface area contributed by atoms with Crippen LogP contribution < -0.4 is 0 Å². The second kappa shape index (κ2) is 6.15. The third-order valence-electron chi connectivity index (χ3n) is 1.35. The molecule has 0 saturated heterocycles. The van der Waals surface area contributed by atoms with E-state index in [1.54, 1.807) is 0 Å². The molecule has 0 heterocycles. The normalized spacial score (nSPS) is 11.0. The van der Waals surface area contributed by atoms with Gasteiger partial charge < -0.3 is 5.11 Å². The monoisotopic (exact) mass is 139 g/mol. The number of nitrogens with zero attached hydrogens (tertiary/aromatic N) is 1. The van der Waals surface area contributed by atoms with Crippen LogP contribution in [0.2, 0.25) is 0 Å². The Morgan fingerprint density at radius 1 is 1.60 bits per heavy atom. The predicted molar refractivity (Wildman–Crippen MR) is 40.5 cm³/mol. The molecule has 0 aliphatic rings. The fourth-order valence-corrected chi connectivity index (χ4v) is 0.715. The minimum absolute atomic E-state index is 0.480. The summed E-state index contributed by atoms with van der Waals surface area (Å²) in [6, 6.07) is 1.92. The van der Waals surface area contributed by atoms with Crippen LogP contribution >= 0.6 is 0 Å². The minimum Gasteiger partial charge on any atom is -0.515 e. The van der Waals surface area contributed by atoms with E-state index in [4.69, 9.17) is 10.4 Å². The van der Waals surface area contributed by atoms with Crippen molar-refractivity contribution in [2.45, 2.75) is 32.6 Å². The molecule has 0 fully saturated rings. The quantitative estimate of drug-likeness (QED) is 0.369. The average molecular weight is 139 g/mol. The van der Waals surface area contributed by atoms with Crippen molar-refractivity contribution in [1.82, 2.24) is 0 Å². The molecule has 0 saturated carbocycles. The zero-order valence-corrected chi connectivity index (χ0v) is 6.30. The molecule has 0 aromatic heterocycles. The second-order valence-corrected chi connectivity index (χ2v) is 2.22. The van der Waals surface area contributed by atoms with Crippen LogP contribution in [-0.4, -0.2) is 5.11 Å². The lowest BCUT2D eigenvalue weighted by Gasteiger charge is -1.93. The molecule has 1 N–H and O–H groups in total. The fraction of sp³-hybridized carbons (Fsp3) is 0.625. The number of aliphatic hydroxyl groups excluding tert-OH is 1. The lowest BCUT2D eigenvalue weighted by molar-refractivity contribution is 0.466. The highest BCUT2D eigenvalue weighted by Crippen LogP contribution is 2.06. The summed E-state index contributed by atoms with van der Waals surface area (Å²) in [5.41, 5.74) is 0.480. The third kappa shape index (κ3) is 3.96. The van der Waals surface area contributed by atoms with E-state index in [1.165, 1.54) is 0 Å². The Kier molecular flexibility index (Phi) is 5.56. The molecular formula is C8H13NO. The minimum atomic E-state index is 0.480. The average Bonchev–Trinajstić information content (AvgIpc) is 1.99. The zero-order chi connectivity index (χ0) is 7.82. The highest BCUT2D eigenvalue weighted by Gasteiger charge is 1.93. The second-order valence-electron chi connectivity index (χ2n) is 2.22. The maximum atomic E-state index is 8.44. The Hall–Kier alpha value is -0.970. The van der Waals surface area contributed by atoms with Gasteiger partial charge in [-0.25, -0.2) is 0 Å². The van der Waals surface area contributed by atoms with E-state index >= 15 is 0 Å². The molecule has 0 aromatic carbocycles. The van der Waals surface area contributed by atoms with Gasteiger partial charge in [-0.2, -0.15) is 5.26 Å². The van der Waals surface area contributed by atoms with E-state index in [2.05, 4.69) is 6.92 Å². The lowest BCUT2D eigenvalue weighted by atomic mass is 10.1.